The van der Waals surface area contributed by atoms with Crippen molar-refractivity contribution in [1.29, 1.82) is 0 Å². The summed E-state index contributed by atoms with van der Waals surface area (Å²) in [5.74, 6) is -0.398. The molecule has 0 aliphatic carbocycles. The first-order chi connectivity index (χ1) is 13.2. The van der Waals surface area contributed by atoms with E-state index in [1.807, 2.05) is 0 Å². The van der Waals surface area contributed by atoms with Crippen LogP contribution in [0, 0.1) is 12.7 Å². The third-order valence-electron chi connectivity index (χ3n) is 3.97. The largest absolute Gasteiger partial charge is 0.427 e. The fourth-order valence-electron chi connectivity index (χ4n) is 2.58. The average molecular weight is 400 g/mol. The van der Waals surface area contributed by atoms with Gasteiger partial charge in [0.05, 0.1) is 0 Å². The molecule has 0 unspecified atom stereocenters. The number of hydrogen-bond acceptors (Lipinski definition) is 5. The Morgan fingerprint density at radius 2 is 1.71 bits per heavy atom. The molecule has 0 fully saturated rings. The van der Waals surface area contributed by atoms with E-state index in [1.165, 1.54) is 42.5 Å². The van der Waals surface area contributed by atoms with Crippen molar-refractivity contribution in [1.82, 2.24) is 0 Å². The maximum absolute atomic E-state index is 13.1. The van der Waals surface area contributed by atoms with E-state index < -0.39 is 22.0 Å². The van der Waals surface area contributed by atoms with Crippen LogP contribution in [0.1, 0.15) is 5.56 Å². The Morgan fingerprint density at radius 1 is 1.00 bits per heavy atom. The van der Waals surface area contributed by atoms with Crippen LogP contribution in [0.25, 0.3) is 11.1 Å². The van der Waals surface area contributed by atoms with Gasteiger partial charge in [0.25, 0.3) is 0 Å². The van der Waals surface area contributed by atoms with Gasteiger partial charge in [0.15, 0.2) is 0 Å². The summed E-state index contributed by atoms with van der Waals surface area (Å²) in [5, 5.41) is 2.38. The molecule has 0 atom stereocenters. The van der Waals surface area contributed by atoms with Gasteiger partial charge in [0, 0.05) is 11.4 Å². The van der Waals surface area contributed by atoms with Gasteiger partial charge < -0.3 is 9.92 Å². The quantitative estimate of drug-likeness (QED) is 0.502. The molecule has 0 saturated carbocycles. The molecule has 0 aliphatic rings. The van der Waals surface area contributed by atoms with Crippen LogP contribution in [-0.4, -0.2) is 14.5 Å². The lowest BCUT2D eigenvalue weighted by atomic mass is 10.1. The third-order valence-corrected chi connectivity index (χ3v) is 5.17. The topological polar surface area (TPSA) is 98.5 Å². The minimum atomic E-state index is -4.35. The highest BCUT2D eigenvalue weighted by Gasteiger charge is 2.21. The predicted octanol–water partition coefficient (Wildman–Crippen LogP) is 4.32. The van der Waals surface area contributed by atoms with Crippen molar-refractivity contribution in [3.05, 3.63) is 78.1 Å². The SMILES string of the molecule is Cc1cc(N)ccc1NC(=O)OS(=O)(=O)c1cccc(-c2ccc(F)cc2)c1. The van der Waals surface area contributed by atoms with Gasteiger partial charge in [-0.15, -0.1) is 0 Å². The molecule has 8 heteroatoms. The van der Waals surface area contributed by atoms with Crippen molar-refractivity contribution in [2.75, 3.05) is 11.1 Å². The molecule has 3 aromatic carbocycles. The van der Waals surface area contributed by atoms with Crippen LogP contribution in [0.4, 0.5) is 20.6 Å². The van der Waals surface area contributed by atoms with Crippen LogP contribution in [0.2, 0.25) is 0 Å². The Morgan fingerprint density at radius 3 is 2.39 bits per heavy atom. The Balaban J connectivity index is 1.79. The van der Waals surface area contributed by atoms with Crippen molar-refractivity contribution in [3.8, 4) is 11.1 Å². The van der Waals surface area contributed by atoms with E-state index >= 15 is 0 Å². The Bertz CT molecular complexity index is 1130. The molecule has 0 heterocycles. The highest BCUT2D eigenvalue weighted by Crippen LogP contribution is 2.24. The summed E-state index contributed by atoms with van der Waals surface area (Å²) in [5.41, 5.74) is 8.37. The molecule has 3 aromatic rings. The predicted molar refractivity (Wildman–Crippen MR) is 105 cm³/mol. The highest BCUT2D eigenvalue weighted by atomic mass is 32.2. The molecule has 3 N–H and O–H groups in total. The van der Waals surface area contributed by atoms with Gasteiger partial charge in [-0.05, 0) is 66.1 Å². The minimum absolute atomic E-state index is 0.196. The molecule has 0 spiro atoms. The summed E-state index contributed by atoms with van der Waals surface area (Å²) in [7, 11) is -4.35. The number of nitrogens with two attached hydrogens (primary N) is 1. The van der Waals surface area contributed by atoms with E-state index in [1.54, 1.807) is 31.2 Å². The van der Waals surface area contributed by atoms with Crippen molar-refractivity contribution < 1.29 is 21.8 Å². The van der Waals surface area contributed by atoms with Crippen molar-refractivity contribution in [2.24, 2.45) is 0 Å². The molecule has 0 bridgehead atoms. The Kier molecular flexibility index (Phi) is 5.32. The summed E-state index contributed by atoms with van der Waals surface area (Å²) in [6.45, 7) is 1.71. The first-order valence-electron chi connectivity index (χ1n) is 8.22. The average Bonchev–Trinajstić information content (AvgIpc) is 2.64. The maximum Gasteiger partial charge on any atom is 0.427 e. The molecule has 0 aliphatic heterocycles. The summed E-state index contributed by atoms with van der Waals surface area (Å²) in [6, 6.07) is 16.2. The van der Waals surface area contributed by atoms with Gasteiger partial charge in [-0.3, -0.25) is 5.32 Å². The van der Waals surface area contributed by atoms with Crippen molar-refractivity contribution in [2.45, 2.75) is 11.8 Å². The zero-order chi connectivity index (χ0) is 20.3. The molecule has 0 radical (unpaired) electrons. The summed E-state index contributed by atoms with van der Waals surface area (Å²) in [4.78, 5) is 11.8. The first-order valence-corrected chi connectivity index (χ1v) is 9.63. The lowest BCUT2D eigenvalue weighted by Gasteiger charge is -2.10. The van der Waals surface area contributed by atoms with Crippen LogP contribution in [0.15, 0.2) is 71.6 Å². The second-order valence-corrected chi connectivity index (χ2v) is 7.61. The lowest BCUT2D eigenvalue weighted by Crippen LogP contribution is -2.19. The van der Waals surface area contributed by atoms with E-state index in [0.29, 0.717) is 28.1 Å². The lowest BCUT2D eigenvalue weighted by molar-refractivity contribution is 0.217. The zero-order valence-corrected chi connectivity index (χ0v) is 15.7. The fraction of sp³-hybridized carbons (Fsp3) is 0.0500. The number of anilines is 2. The molecule has 144 valence electrons. The number of halogens is 1. The van der Waals surface area contributed by atoms with Gasteiger partial charge >= 0.3 is 16.2 Å². The number of carbonyl (C=O) groups excluding carboxylic acids is 1. The second-order valence-electron chi connectivity index (χ2n) is 6.06. The number of nitrogen functional groups attached to an aromatic ring is 1. The van der Waals surface area contributed by atoms with Crippen LogP contribution >= 0.6 is 0 Å². The van der Waals surface area contributed by atoms with E-state index in [4.69, 9.17) is 5.73 Å². The number of hydrogen-bond donors (Lipinski definition) is 2. The molecule has 28 heavy (non-hydrogen) atoms. The Labute approximate surface area is 161 Å². The van der Waals surface area contributed by atoms with Crippen LogP contribution in [-0.2, 0) is 14.3 Å². The van der Waals surface area contributed by atoms with Crippen LogP contribution in [0.3, 0.4) is 0 Å². The number of rotatable bonds is 4. The molecular formula is C20H17FN2O4S. The number of carbonyl (C=O) groups is 1. The number of aryl methyl sites for hydroxylation is 1. The van der Waals surface area contributed by atoms with E-state index in [9.17, 15) is 17.6 Å². The zero-order valence-electron chi connectivity index (χ0n) is 14.8. The molecule has 6 nitrogen and oxygen atoms in total. The summed E-state index contributed by atoms with van der Waals surface area (Å²) < 4.78 is 42.6. The fourth-order valence-corrected chi connectivity index (χ4v) is 3.43. The molecule has 0 aromatic heterocycles. The summed E-state index contributed by atoms with van der Waals surface area (Å²) >= 11 is 0. The monoisotopic (exact) mass is 400 g/mol. The molecular weight excluding hydrogens is 383 g/mol. The van der Waals surface area contributed by atoms with Crippen LogP contribution in [0.5, 0.6) is 0 Å². The molecule has 3 rings (SSSR count). The van der Waals surface area contributed by atoms with Gasteiger partial charge in [-0.2, -0.15) is 8.42 Å². The minimum Gasteiger partial charge on any atom is -0.399 e. The highest BCUT2D eigenvalue weighted by molar-refractivity contribution is 7.87. The molecule has 1 amide bonds. The maximum atomic E-state index is 13.1. The van der Waals surface area contributed by atoms with Crippen molar-refractivity contribution >= 4 is 27.6 Å². The summed E-state index contributed by atoms with van der Waals surface area (Å²) in [6.07, 6.45) is -1.14. The van der Waals surface area contributed by atoms with E-state index in [2.05, 4.69) is 9.50 Å². The van der Waals surface area contributed by atoms with Gasteiger partial charge in [-0.25, -0.2) is 9.18 Å². The number of nitrogens with one attached hydrogen (secondary N) is 1. The van der Waals surface area contributed by atoms with Gasteiger partial charge in [-0.1, -0.05) is 24.3 Å². The van der Waals surface area contributed by atoms with E-state index in [-0.39, 0.29) is 4.90 Å². The number of amides is 1. The second kappa shape index (κ2) is 7.69. The smallest absolute Gasteiger partial charge is 0.399 e. The Hall–Kier alpha value is -3.39. The standard InChI is InChI=1S/C20H17FN2O4S/c1-13-11-17(22)9-10-19(13)23-20(24)27-28(25,26)18-4-2-3-15(12-18)14-5-7-16(21)8-6-14/h2-12H,22H2,1H3,(H,23,24). The van der Waals surface area contributed by atoms with Crippen LogP contribution < -0.4 is 11.1 Å². The normalized spacial score (nSPS) is 11.1. The van der Waals surface area contributed by atoms with Gasteiger partial charge in [0.1, 0.15) is 10.7 Å². The third kappa shape index (κ3) is 4.47. The van der Waals surface area contributed by atoms with Crippen molar-refractivity contribution in [3.63, 3.8) is 0 Å². The number of benzene rings is 3. The van der Waals surface area contributed by atoms with Gasteiger partial charge in [0.2, 0.25) is 0 Å². The molecule has 0 saturated heterocycles. The van der Waals surface area contributed by atoms with E-state index in [0.717, 1.165) is 0 Å². The first kappa shape index (κ1) is 19.4.